The topological polar surface area (TPSA) is 94.6 Å². The molecule has 2 amide bonds. The van der Waals surface area contributed by atoms with Crippen molar-refractivity contribution in [2.75, 3.05) is 19.6 Å². The van der Waals surface area contributed by atoms with Crippen molar-refractivity contribution >= 4 is 11.8 Å². The molecule has 36 heavy (non-hydrogen) atoms. The number of aromatic nitrogens is 1. The molecule has 7 nitrogen and oxygen atoms in total. The van der Waals surface area contributed by atoms with E-state index in [4.69, 9.17) is 0 Å². The van der Waals surface area contributed by atoms with E-state index in [1.165, 1.54) is 6.07 Å². The Morgan fingerprint density at radius 2 is 1.92 bits per heavy atom. The number of alkyl halides is 3. The lowest BCUT2D eigenvalue weighted by atomic mass is 9.79. The number of likely N-dealkylation sites (tertiary alicyclic amines) is 1. The second-order valence-corrected chi connectivity index (χ2v) is 9.79. The Morgan fingerprint density at radius 1 is 1.17 bits per heavy atom. The van der Waals surface area contributed by atoms with Gasteiger partial charge in [-0.1, -0.05) is 6.07 Å². The highest BCUT2D eigenvalue weighted by Gasteiger charge is 2.39. The Labute approximate surface area is 208 Å². The standard InChI is InChI=1S/C26H31F3N4O3/c1-17-7-11-30-22(13-17)25(36)9-5-21(6-10-25)33-12-8-20(16-33)32-23(34)15-31-24(35)18-3-2-4-19(14-18)26(27,28)29/h2-4,7,11,13-14,20-21,36H,5-6,8-10,12,15-16H2,1H3,(H,31,35)(H,32,34). The van der Waals surface area contributed by atoms with E-state index >= 15 is 0 Å². The van der Waals surface area contributed by atoms with Crippen molar-refractivity contribution in [2.24, 2.45) is 0 Å². The van der Waals surface area contributed by atoms with Crippen LogP contribution in [0.4, 0.5) is 13.2 Å². The molecule has 0 bridgehead atoms. The summed E-state index contributed by atoms with van der Waals surface area (Å²) in [7, 11) is 0. The van der Waals surface area contributed by atoms with Crippen molar-refractivity contribution in [3.05, 3.63) is 65.0 Å². The first-order chi connectivity index (χ1) is 17.0. The summed E-state index contributed by atoms with van der Waals surface area (Å²) in [5.41, 5.74) is -0.183. The molecule has 1 aromatic carbocycles. The molecule has 2 heterocycles. The van der Waals surface area contributed by atoms with E-state index in [9.17, 15) is 27.9 Å². The molecule has 1 aromatic heterocycles. The normalized spacial score (nSPS) is 24.9. The number of carbonyl (C=O) groups excluding carboxylic acids is 2. The molecule has 1 unspecified atom stereocenters. The van der Waals surface area contributed by atoms with Gasteiger partial charge in [-0.15, -0.1) is 0 Å². The van der Waals surface area contributed by atoms with Crippen LogP contribution in [0.3, 0.4) is 0 Å². The van der Waals surface area contributed by atoms with Gasteiger partial charge < -0.3 is 15.7 Å². The predicted molar refractivity (Wildman–Crippen MR) is 127 cm³/mol. The van der Waals surface area contributed by atoms with Crippen LogP contribution >= 0.6 is 0 Å². The van der Waals surface area contributed by atoms with Gasteiger partial charge >= 0.3 is 6.18 Å². The number of amides is 2. The number of hydrogen-bond acceptors (Lipinski definition) is 5. The molecule has 0 spiro atoms. The third-order valence-corrected chi connectivity index (χ3v) is 7.14. The molecule has 1 aliphatic carbocycles. The predicted octanol–water partition coefficient (Wildman–Crippen LogP) is 3.16. The van der Waals surface area contributed by atoms with Crippen molar-refractivity contribution in [3.63, 3.8) is 0 Å². The minimum absolute atomic E-state index is 0.0674. The first-order valence-corrected chi connectivity index (χ1v) is 12.2. The minimum atomic E-state index is -4.55. The maximum Gasteiger partial charge on any atom is 0.416 e. The van der Waals surface area contributed by atoms with Gasteiger partial charge in [0.15, 0.2) is 0 Å². The Kier molecular flexibility index (Phi) is 7.65. The van der Waals surface area contributed by atoms with Gasteiger partial charge in [-0.25, -0.2) is 0 Å². The summed E-state index contributed by atoms with van der Waals surface area (Å²) in [5, 5.41) is 16.4. The van der Waals surface area contributed by atoms with E-state index in [0.717, 1.165) is 55.3 Å². The van der Waals surface area contributed by atoms with Gasteiger partial charge in [-0.2, -0.15) is 13.2 Å². The second-order valence-electron chi connectivity index (χ2n) is 9.79. The number of benzene rings is 1. The number of aryl methyl sites for hydroxylation is 1. The zero-order valence-electron chi connectivity index (χ0n) is 20.1. The molecule has 2 aliphatic rings. The smallest absolute Gasteiger partial charge is 0.384 e. The third kappa shape index (κ3) is 6.22. The van der Waals surface area contributed by atoms with E-state index in [1.807, 2.05) is 19.1 Å². The van der Waals surface area contributed by atoms with E-state index in [2.05, 4.69) is 20.5 Å². The number of nitrogens with one attached hydrogen (secondary N) is 2. The van der Waals surface area contributed by atoms with Crippen LogP contribution in [-0.4, -0.2) is 58.5 Å². The van der Waals surface area contributed by atoms with Gasteiger partial charge in [0.2, 0.25) is 5.91 Å². The van der Waals surface area contributed by atoms with E-state index in [1.54, 1.807) is 6.20 Å². The lowest BCUT2D eigenvalue weighted by Crippen LogP contribution is -2.45. The lowest BCUT2D eigenvalue weighted by Gasteiger charge is -2.39. The summed E-state index contributed by atoms with van der Waals surface area (Å²) in [5.74, 6) is -1.12. The number of pyridine rings is 1. The summed E-state index contributed by atoms with van der Waals surface area (Å²) in [6.45, 7) is 3.17. The van der Waals surface area contributed by atoms with Gasteiger partial charge in [0, 0.05) is 36.9 Å². The van der Waals surface area contributed by atoms with Crippen LogP contribution in [0, 0.1) is 6.92 Å². The van der Waals surface area contributed by atoms with Gasteiger partial charge in [-0.3, -0.25) is 19.5 Å². The number of halogens is 3. The highest BCUT2D eigenvalue weighted by molar-refractivity contribution is 5.96. The summed E-state index contributed by atoms with van der Waals surface area (Å²) >= 11 is 0. The third-order valence-electron chi connectivity index (χ3n) is 7.14. The number of carbonyl (C=O) groups is 2. The molecule has 3 N–H and O–H groups in total. The summed E-state index contributed by atoms with van der Waals surface area (Å²) in [6.07, 6.45) is 0.876. The van der Waals surface area contributed by atoms with E-state index < -0.39 is 23.2 Å². The van der Waals surface area contributed by atoms with Crippen LogP contribution in [0.15, 0.2) is 42.6 Å². The molecule has 2 fully saturated rings. The maximum absolute atomic E-state index is 12.9. The zero-order valence-corrected chi connectivity index (χ0v) is 20.1. The van der Waals surface area contributed by atoms with Gasteiger partial charge in [0.05, 0.1) is 17.8 Å². The average Bonchev–Trinajstić information content (AvgIpc) is 3.31. The van der Waals surface area contributed by atoms with Crippen LogP contribution in [0.5, 0.6) is 0 Å². The lowest BCUT2D eigenvalue weighted by molar-refractivity contribution is -0.137. The molecule has 1 saturated heterocycles. The molecule has 2 aromatic rings. The minimum Gasteiger partial charge on any atom is -0.384 e. The molecule has 4 rings (SSSR count). The summed E-state index contributed by atoms with van der Waals surface area (Å²) < 4.78 is 38.6. The van der Waals surface area contributed by atoms with Crippen LogP contribution in [0.2, 0.25) is 0 Å². The van der Waals surface area contributed by atoms with Crippen LogP contribution < -0.4 is 10.6 Å². The van der Waals surface area contributed by atoms with Crippen LogP contribution in [-0.2, 0) is 16.6 Å². The van der Waals surface area contributed by atoms with Crippen molar-refractivity contribution in [2.45, 2.75) is 62.9 Å². The van der Waals surface area contributed by atoms with Crippen LogP contribution in [0.1, 0.15) is 59.3 Å². The molecule has 1 saturated carbocycles. The van der Waals surface area contributed by atoms with Gasteiger partial charge in [0.25, 0.3) is 5.91 Å². The Morgan fingerprint density at radius 3 is 2.61 bits per heavy atom. The van der Waals surface area contributed by atoms with Gasteiger partial charge in [-0.05, 0) is 74.9 Å². The van der Waals surface area contributed by atoms with Crippen LogP contribution in [0.25, 0.3) is 0 Å². The second kappa shape index (κ2) is 10.6. The van der Waals surface area contributed by atoms with E-state index in [0.29, 0.717) is 25.4 Å². The molecule has 0 radical (unpaired) electrons. The number of hydrogen-bond donors (Lipinski definition) is 3. The molecular formula is C26H31F3N4O3. The molecule has 1 aliphatic heterocycles. The van der Waals surface area contributed by atoms with E-state index in [-0.39, 0.29) is 24.1 Å². The number of rotatable bonds is 6. The first-order valence-electron chi connectivity index (χ1n) is 12.2. The molecule has 194 valence electrons. The van der Waals surface area contributed by atoms with Crippen molar-refractivity contribution in [1.82, 2.24) is 20.5 Å². The van der Waals surface area contributed by atoms with Gasteiger partial charge in [0.1, 0.15) is 5.60 Å². The van der Waals surface area contributed by atoms with Crippen molar-refractivity contribution in [3.8, 4) is 0 Å². The average molecular weight is 505 g/mol. The quantitative estimate of drug-likeness (QED) is 0.562. The Balaban J connectivity index is 1.22. The zero-order chi connectivity index (χ0) is 25.9. The van der Waals surface area contributed by atoms with Crippen molar-refractivity contribution < 1.29 is 27.9 Å². The molecule has 1 atom stereocenters. The first kappa shape index (κ1) is 26.1. The molecular weight excluding hydrogens is 473 g/mol. The molecule has 10 heteroatoms. The number of aliphatic hydroxyl groups is 1. The SMILES string of the molecule is Cc1ccnc(C2(O)CCC(N3CCC(NC(=O)CNC(=O)c4cccc(C(F)(F)F)c4)C3)CC2)c1. The fourth-order valence-electron chi connectivity index (χ4n) is 5.11. The van der Waals surface area contributed by atoms with Crippen molar-refractivity contribution in [1.29, 1.82) is 0 Å². The number of nitrogens with zero attached hydrogens (tertiary/aromatic N) is 2. The summed E-state index contributed by atoms with van der Waals surface area (Å²) in [4.78, 5) is 31.3. The fraction of sp³-hybridized carbons (Fsp3) is 0.500. The Hall–Kier alpha value is -2.98. The largest absolute Gasteiger partial charge is 0.416 e. The summed E-state index contributed by atoms with van der Waals surface area (Å²) in [6, 6.07) is 8.19. The highest BCUT2D eigenvalue weighted by Crippen LogP contribution is 2.38. The maximum atomic E-state index is 12.9. The monoisotopic (exact) mass is 504 g/mol. The highest BCUT2D eigenvalue weighted by atomic mass is 19.4. The fourth-order valence-corrected chi connectivity index (χ4v) is 5.11. The Bertz CT molecular complexity index is 1100.